The van der Waals surface area contributed by atoms with E-state index >= 15 is 0 Å². The lowest BCUT2D eigenvalue weighted by atomic mass is 10.0. The number of hydrogen-bond donors (Lipinski definition) is 2. The van der Waals surface area contributed by atoms with Gasteiger partial charge in [-0.15, -0.1) is 0 Å². The lowest BCUT2D eigenvalue weighted by Crippen LogP contribution is -2.42. The Morgan fingerprint density at radius 3 is 2.46 bits per heavy atom. The molecule has 1 aliphatic rings. The summed E-state index contributed by atoms with van der Waals surface area (Å²) in [6, 6.07) is 11.9. The van der Waals surface area contributed by atoms with Crippen LogP contribution < -0.4 is 16.0 Å². The molecular formula is C21H22BrN3O3. The summed E-state index contributed by atoms with van der Waals surface area (Å²) in [5.41, 5.74) is 8.95. The normalized spacial score (nSPS) is 17.5. The van der Waals surface area contributed by atoms with Gasteiger partial charge in [0, 0.05) is 16.7 Å². The summed E-state index contributed by atoms with van der Waals surface area (Å²) in [5, 5.41) is 2.65. The van der Waals surface area contributed by atoms with E-state index in [4.69, 9.17) is 5.73 Å². The smallest absolute Gasteiger partial charge is 0.244 e. The summed E-state index contributed by atoms with van der Waals surface area (Å²) in [6.07, 6.45) is 0.390. The first-order valence-electron chi connectivity index (χ1n) is 9.01. The van der Waals surface area contributed by atoms with Crippen molar-refractivity contribution in [3.63, 3.8) is 0 Å². The molecule has 6 nitrogen and oxygen atoms in total. The Balaban J connectivity index is 1.77. The van der Waals surface area contributed by atoms with Crippen molar-refractivity contribution in [2.24, 2.45) is 11.7 Å². The summed E-state index contributed by atoms with van der Waals surface area (Å²) in [5.74, 6) is -2.27. The Bertz CT molecular complexity index is 924. The third-order valence-corrected chi connectivity index (χ3v) is 5.29. The number of carbonyl (C=O) groups excluding carboxylic acids is 3. The molecule has 0 saturated carbocycles. The van der Waals surface area contributed by atoms with Crippen LogP contribution in [0.25, 0.3) is 0 Å². The number of amides is 3. The van der Waals surface area contributed by atoms with Crippen LogP contribution in [0.3, 0.4) is 0 Å². The summed E-state index contributed by atoms with van der Waals surface area (Å²) in [7, 11) is 0. The fraction of sp³-hybridized carbons (Fsp3) is 0.286. The summed E-state index contributed by atoms with van der Waals surface area (Å²) in [4.78, 5) is 39.1. The quantitative estimate of drug-likeness (QED) is 0.695. The Kier molecular flexibility index (Phi) is 5.84. The minimum absolute atomic E-state index is 0.264. The van der Waals surface area contributed by atoms with Crippen molar-refractivity contribution < 1.29 is 14.4 Å². The number of carbonyl (C=O) groups is 3. The summed E-state index contributed by atoms with van der Waals surface area (Å²) in [6.45, 7) is 4.39. The van der Waals surface area contributed by atoms with E-state index in [9.17, 15) is 14.4 Å². The van der Waals surface area contributed by atoms with Gasteiger partial charge in [-0.05, 0) is 61.2 Å². The molecular weight excluding hydrogens is 422 g/mol. The maximum absolute atomic E-state index is 12.9. The molecule has 0 radical (unpaired) electrons. The molecule has 0 spiro atoms. The summed E-state index contributed by atoms with van der Waals surface area (Å²) < 4.78 is 0.767. The number of primary amides is 1. The van der Waals surface area contributed by atoms with Gasteiger partial charge >= 0.3 is 0 Å². The van der Waals surface area contributed by atoms with Crippen molar-refractivity contribution in [2.75, 3.05) is 11.4 Å². The molecule has 1 heterocycles. The van der Waals surface area contributed by atoms with Crippen LogP contribution in [-0.2, 0) is 14.4 Å². The van der Waals surface area contributed by atoms with E-state index in [1.807, 2.05) is 38.1 Å². The maximum atomic E-state index is 12.9. The Morgan fingerprint density at radius 1 is 1.18 bits per heavy atom. The average Bonchev–Trinajstić information content (AvgIpc) is 3.00. The predicted octanol–water partition coefficient (Wildman–Crippen LogP) is 2.76. The zero-order valence-corrected chi connectivity index (χ0v) is 17.3. The molecule has 3 rings (SSSR count). The van der Waals surface area contributed by atoms with Crippen molar-refractivity contribution in [2.45, 2.75) is 26.3 Å². The van der Waals surface area contributed by atoms with Gasteiger partial charge in [0.2, 0.25) is 17.7 Å². The molecule has 2 aromatic rings. The number of aryl methyl sites for hydroxylation is 2. The lowest BCUT2D eigenvalue weighted by molar-refractivity contribution is -0.134. The van der Waals surface area contributed by atoms with E-state index in [1.165, 1.54) is 0 Å². The number of rotatable bonds is 5. The van der Waals surface area contributed by atoms with E-state index in [0.29, 0.717) is 18.5 Å². The molecule has 0 unspecified atom stereocenters. The van der Waals surface area contributed by atoms with Crippen LogP contribution in [-0.4, -0.2) is 24.3 Å². The van der Waals surface area contributed by atoms with E-state index < -0.39 is 23.8 Å². The van der Waals surface area contributed by atoms with E-state index in [-0.39, 0.29) is 5.91 Å². The van der Waals surface area contributed by atoms with Crippen LogP contribution in [0.15, 0.2) is 46.9 Å². The van der Waals surface area contributed by atoms with Crippen molar-refractivity contribution >= 4 is 39.3 Å². The van der Waals surface area contributed by atoms with Crippen molar-refractivity contribution in [3.05, 3.63) is 63.6 Å². The topological polar surface area (TPSA) is 92.5 Å². The molecule has 3 N–H and O–H groups in total. The minimum Gasteiger partial charge on any atom is -0.368 e. The van der Waals surface area contributed by atoms with Crippen LogP contribution in [0.4, 0.5) is 5.69 Å². The Hall–Kier alpha value is -2.67. The Labute approximate surface area is 172 Å². The third-order valence-electron chi connectivity index (χ3n) is 4.79. The van der Waals surface area contributed by atoms with E-state index in [0.717, 1.165) is 21.3 Å². The van der Waals surface area contributed by atoms with Gasteiger partial charge in [-0.2, -0.15) is 0 Å². The highest BCUT2D eigenvalue weighted by Gasteiger charge is 2.39. The van der Waals surface area contributed by atoms with Crippen LogP contribution in [0.2, 0.25) is 0 Å². The van der Waals surface area contributed by atoms with E-state index in [2.05, 4.69) is 21.2 Å². The highest BCUT2D eigenvalue weighted by Crippen LogP contribution is 2.28. The van der Waals surface area contributed by atoms with Gasteiger partial charge in [0.05, 0.1) is 0 Å². The maximum Gasteiger partial charge on any atom is 0.244 e. The lowest BCUT2D eigenvalue weighted by Gasteiger charge is -2.20. The fourth-order valence-electron chi connectivity index (χ4n) is 3.53. The molecule has 28 heavy (non-hydrogen) atoms. The second-order valence-corrected chi connectivity index (χ2v) is 7.99. The molecule has 0 aromatic heterocycles. The molecule has 1 saturated heterocycles. The second-order valence-electron chi connectivity index (χ2n) is 7.08. The number of nitrogens with zero attached hydrogens (tertiary/aromatic N) is 1. The van der Waals surface area contributed by atoms with Gasteiger partial charge in [-0.25, -0.2) is 0 Å². The van der Waals surface area contributed by atoms with Gasteiger partial charge in [0.1, 0.15) is 12.0 Å². The van der Waals surface area contributed by atoms with Crippen LogP contribution in [0.1, 0.15) is 29.2 Å². The number of anilines is 1. The molecule has 146 valence electrons. The monoisotopic (exact) mass is 443 g/mol. The third kappa shape index (κ3) is 4.25. The highest BCUT2D eigenvalue weighted by molar-refractivity contribution is 9.10. The fourth-order valence-corrected chi connectivity index (χ4v) is 3.95. The molecule has 3 amide bonds. The predicted molar refractivity (Wildman–Crippen MR) is 111 cm³/mol. The first-order valence-corrected chi connectivity index (χ1v) is 9.80. The largest absolute Gasteiger partial charge is 0.368 e. The van der Waals surface area contributed by atoms with Gasteiger partial charge in [-0.1, -0.05) is 34.1 Å². The van der Waals surface area contributed by atoms with Crippen molar-refractivity contribution in [1.82, 2.24) is 5.32 Å². The number of nitrogens with two attached hydrogens (primary N) is 1. The molecule has 1 fully saturated rings. The molecule has 2 aromatic carbocycles. The van der Waals surface area contributed by atoms with E-state index in [1.54, 1.807) is 23.1 Å². The van der Waals surface area contributed by atoms with Gasteiger partial charge in [-0.3, -0.25) is 14.4 Å². The standard InChI is InChI=1S/C21H22BrN3O3/c1-12-8-13(2)10-16(9-12)25-7-6-17(21(25)28)20(27)24-18(19(23)26)14-4-3-5-15(22)11-14/h3-5,8-11,17-18H,6-7H2,1-2H3,(H2,23,26)(H,24,27)/t17-,18-/m0/s1. The number of nitrogens with one attached hydrogen (secondary N) is 1. The van der Waals surface area contributed by atoms with Crippen molar-refractivity contribution in [1.29, 1.82) is 0 Å². The molecule has 0 bridgehead atoms. The van der Waals surface area contributed by atoms with Crippen LogP contribution >= 0.6 is 15.9 Å². The number of halogens is 1. The average molecular weight is 444 g/mol. The van der Waals surface area contributed by atoms with Gasteiger partial charge < -0.3 is 16.0 Å². The summed E-state index contributed by atoms with van der Waals surface area (Å²) >= 11 is 3.34. The first-order chi connectivity index (χ1) is 13.3. The van der Waals surface area contributed by atoms with Crippen LogP contribution in [0, 0.1) is 19.8 Å². The highest BCUT2D eigenvalue weighted by atomic mass is 79.9. The molecule has 2 atom stereocenters. The minimum atomic E-state index is -0.993. The van der Waals surface area contributed by atoms with Crippen LogP contribution in [0.5, 0.6) is 0 Å². The first kappa shape index (κ1) is 20.1. The molecule has 7 heteroatoms. The van der Waals surface area contributed by atoms with Gasteiger partial charge in [0.15, 0.2) is 0 Å². The zero-order chi connectivity index (χ0) is 20.4. The molecule has 1 aliphatic heterocycles. The van der Waals surface area contributed by atoms with Crippen molar-refractivity contribution in [3.8, 4) is 0 Å². The molecule has 0 aliphatic carbocycles. The van der Waals surface area contributed by atoms with Gasteiger partial charge in [0.25, 0.3) is 0 Å². The second kappa shape index (κ2) is 8.14. The Morgan fingerprint density at radius 2 is 1.86 bits per heavy atom. The number of hydrogen-bond acceptors (Lipinski definition) is 3. The SMILES string of the molecule is Cc1cc(C)cc(N2CC[C@@H](C(=O)N[C@H](C(N)=O)c3cccc(Br)c3)C2=O)c1. The number of benzene rings is 2. The zero-order valence-electron chi connectivity index (χ0n) is 15.7.